The quantitative estimate of drug-likeness (QED) is 0.314. The van der Waals surface area contributed by atoms with Gasteiger partial charge in [0.2, 0.25) is 0 Å². The number of likely N-dealkylation sites (tertiary alicyclic amines) is 1. The topological polar surface area (TPSA) is 48.9 Å². The molecular weight excluding hydrogens is 459 g/mol. The first-order chi connectivity index (χ1) is 12.2. The highest BCUT2D eigenvalue weighted by Crippen LogP contribution is 2.18. The van der Waals surface area contributed by atoms with Gasteiger partial charge in [0, 0.05) is 39.2 Å². The Hall–Kier alpha value is -0.380. The number of halogens is 1. The second-order valence-corrected chi connectivity index (χ2v) is 7.62. The molecule has 0 aliphatic carbocycles. The van der Waals surface area contributed by atoms with E-state index in [1.165, 1.54) is 31.5 Å². The second kappa shape index (κ2) is 13.7. The van der Waals surface area contributed by atoms with E-state index in [1.807, 2.05) is 0 Å². The zero-order valence-electron chi connectivity index (χ0n) is 16.4. The number of piperidine rings is 1. The van der Waals surface area contributed by atoms with Gasteiger partial charge in [0.25, 0.3) is 0 Å². The fraction of sp³-hybridized carbons (Fsp3) is 0.737. The maximum atomic E-state index is 5.17. The molecule has 0 radical (unpaired) electrons. The van der Waals surface area contributed by atoms with Crippen LogP contribution < -0.4 is 10.6 Å². The number of hydrogen-bond donors (Lipinski definition) is 2. The highest BCUT2D eigenvalue weighted by atomic mass is 127. The van der Waals surface area contributed by atoms with Crippen LogP contribution in [-0.4, -0.2) is 63.8 Å². The Balaban J connectivity index is 0.00000338. The van der Waals surface area contributed by atoms with Crippen molar-refractivity contribution in [2.45, 2.75) is 32.6 Å². The molecule has 0 saturated carbocycles. The molecule has 0 amide bonds. The Morgan fingerprint density at radius 2 is 2.15 bits per heavy atom. The molecule has 0 aromatic carbocycles. The fourth-order valence-electron chi connectivity index (χ4n) is 3.11. The number of ether oxygens (including phenoxy) is 1. The van der Waals surface area contributed by atoms with Crippen molar-refractivity contribution in [3.05, 3.63) is 22.4 Å². The predicted molar refractivity (Wildman–Crippen MR) is 123 cm³/mol. The molecule has 1 atom stereocenters. The van der Waals surface area contributed by atoms with Crippen molar-refractivity contribution in [2.75, 3.05) is 53.0 Å². The van der Waals surface area contributed by atoms with Crippen LogP contribution in [0.15, 0.2) is 21.8 Å². The third-order valence-corrected chi connectivity index (χ3v) is 5.56. The van der Waals surface area contributed by atoms with Crippen molar-refractivity contribution in [1.29, 1.82) is 0 Å². The number of methoxy groups -OCH3 is 1. The number of nitrogens with one attached hydrogen (secondary N) is 2. The first kappa shape index (κ1) is 23.7. The van der Waals surface area contributed by atoms with Crippen molar-refractivity contribution in [2.24, 2.45) is 10.9 Å². The van der Waals surface area contributed by atoms with Gasteiger partial charge < -0.3 is 20.3 Å². The van der Waals surface area contributed by atoms with Gasteiger partial charge in [-0.3, -0.25) is 4.99 Å². The van der Waals surface area contributed by atoms with Crippen LogP contribution in [0.2, 0.25) is 0 Å². The monoisotopic (exact) mass is 494 g/mol. The van der Waals surface area contributed by atoms with Crippen molar-refractivity contribution in [1.82, 2.24) is 15.5 Å². The minimum Gasteiger partial charge on any atom is -0.383 e. The Bertz CT molecular complexity index is 490. The van der Waals surface area contributed by atoms with Gasteiger partial charge in [-0.05, 0) is 61.2 Å². The Kier molecular flexibility index (Phi) is 12.5. The van der Waals surface area contributed by atoms with Crippen LogP contribution in [0, 0.1) is 5.92 Å². The van der Waals surface area contributed by atoms with Gasteiger partial charge >= 0.3 is 0 Å². The zero-order valence-corrected chi connectivity index (χ0v) is 19.5. The number of thiophene rings is 1. The van der Waals surface area contributed by atoms with E-state index >= 15 is 0 Å². The van der Waals surface area contributed by atoms with E-state index in [-0.39, 0.29) is 24.0 Å². The van der Waals surface area contributed by atoms with E-state index in [9.17, 15) is 0 Å². The molecule has 2 rings (SSSR count). The van der Waals surface area contributed by atoms with Gasteiger partial charge in [0.1, 0.15) is 0 Å². The van der Waals surface area contributed by atoms with Gasteiger partial charge in [0.05, 0.1) is 6.61 Å². The molecule has 0 spiro atoms. The summed E-state index contributed by atoms with van der Waals surface area (Å²) in [5.41, 5.74) is 1.38. The van der Waals surface area contributed by atoms with Crippen molar-refractivity contribution in [3.8, 4) is 0 Å². The third kappa shape index (κ3) is 8.54. The smallest absolute Gasteiger partial charge is 0.191 e. The van der Waals surface area contributed by atoms with Crippen LogP contribution >= 0.6 is 35.3 Å². The maximum Gasteiger partial charge on any atom is 0.191 e. The van der Waals surface area contributed by atoms with Gasteiger partial charge in [-0.1, -0.05) is 6.92 Å². The van der Waals surface area contributed by atoms with E-state index in [0.29, 0.717) is 5.92 Å². The van der Waals surface area contributed by atoms with E-state index < -0.39 is 0 Å². The lowest BCUT2D eigenvalue weighted by Gasteiger charge is -2.32. The summed E-state index contributed by atoms with van der Waals surface area (Å²) in [5.74, 6) is 2.15. The highest BCUT2D eigenvalue weighted by Gasteiger charge is 2.19. The van der Waals surface area contributed by atoms with Crippen LogP contribution in [0.4, 0.5) is 0 Å². The largest absolute Gasteiger partial charge is 0.383 e. The minimum absolute atomic E-state index is 0. The molecule has 150 valence electrons. The summed E-state index contributed by atoms with van der Waals surface area (Å²) >= 11 is 1.75. The summed E-state index contributed by atoms with van der Waals surface area (Å²) in [4.78, 5) is 7.28. The van der Waals surface area contributed by atoms with E-state index in [4.69, 9.17) is 9.73 Å². The number of guanidine groups is 1. The molecule has 2 heterocycles. The number of nitrogens with zero attached hydrogens (tertiary/aromatic N) is 2. The van der Waals surface area contributed by atoms with Crippen molar-refractivity contribution >= 4 is 41.3 Å². The number of aliphatic imine (C=N–C) groups is 1. The lowest BCUT2D eigenvalue weighted by Crippen LogP contribution is -2.43. The Morgan fingerprint density at radius 1 is 1.38 bits per heavy atom. The minimum atomic E-state index is 0. The summed E-state index contributed by atoms with van der Waals surface area (Å²) in [6, 6.07) is 2.20. The highest BCUT2D eigenvalue weighted by molar-refractivity contribution is 14.0. The number of rotatable bonds is 9. The molecule has 5 nitrogen and oxygen atoms in total. The van der Waals surface area contributed by atoms with E-state index in [2.05, 4.69) is 46.2 Å². The summed E-state index contributed by atoms with van der Waals surface area (Å²) in [6.45, 7) is 11.3. The summed E-state index contributed by atoms with van der Waals surface area (Å²) < 4.78 is 5.17. The van der Waals surface area contributed by atoms with Gasteiger partial charge in [-0.2, -0.15) is 11.3 Å². The summed E-state index contributed by atoms with van der Waals surface area (Å²) in [6.07, 6.45) is 2.50. The molecule has 1 saturated heterocycles. The molecule has 0 bridgehead atoms. The molecule has 26 heavy (non-hydrogen) atoms. The molecular formula is C19H35IN4OS. The standard InChI is InChI=1S/C19H34N4OS.HI/c1-4-20-19(21-13-16(2)18-7-12-25-15-18)22-14-17-5-8-23(9-6-17)10-11-24-3;/h7,12,15-17H,4-6,8-11,13-14H2,1-3H3,(H2,20,21,22);1H. The average Bonchev–Trinajstić information content (AvgIpc) is 3.17. The molecule has 1 aliphatic heterocycles. The van der Waals surface area contributed by atoms with Crippen LogP contribution in [-0.2, 0) is 4.74 Å². The van der Waals surface area contributed by atoms with Crippen molar-refractivity contribution < 1.29 is 4.74 Å². The molecule has 1 aromatic rings. The zero-order chi connectivity index (χ0) is 17.9. The number of hydrogen-bond acceptors (Lipinski definition) is 4. The molecule has 2 N–H and O–H groups in total. The first-order valence-electron chi connectivity index (χ1n) is 9.48. The maximum absolute atomic E-state index is 5.17. The van der Waals surface area contributed by atoms with Crippen molar-refractivity contribution in [3.63, 3.8) is 0 Å². The van der Waals surface area contributed by atoms with E-state index in [0.717, 1.165) is 44.7 Å². The average molecular weight is 494 g/mol. The lowest BCUT2D eigenvalue weighted by atomic mass is 9.97. The molecule has 1 unspecified atom stereocenters. The molecule has 1 aromatic heterocycles. The van der Waals surface area contributed by atoms with Crippen LogP contribution in [0.3, 0.4) is 0 Å². The fourth-order valence-corrected chi connectivity index (χ4v) is 3.89. The van der Waals surface area contributed by atoms with Crippen LogP contribution in [0.25, 0.3) is 0 Å². The third-order valence-electron chi connectivity index (χ3n) is 4.86. The van der Waals surface area contributed by atoms with Gasteiger partial charge in [0.15, 0.2) is 5.96 Å². The van der Waals surface area contributed by atoms with Crippen LogP contribution in [0.5, 0.6) is 0 Å². The lowest BCUT2D eigenvalue weighted by molar-refractivity contribution is 0.121. The molecule has 1 aliphatic rings. The summed E-state index contributed by atoms with van der Waals surface area (Å²) in [7, 11) is 1.78. The molecule has 7 heteroatoms. The summed E-state index contributed by atoms with van der Waals surface area (Å²) in [5, 5.41) is 11.3. The Morgan fingerprint density at radius 3 is 2.77 bits per heavy atom. The SMILES string of the molecule is CCNC(=NCC(C)c1ccsc1)NCC1CCN(CCOC)CC1.I. The molecule has 1 fully saturated rings. The predicted octanol–water partition coefficient (Wildman–Crippen LogP) is 3.38. The van der Waals surface area contributed by atoms with Gasteiger partial charge in [-0.15, -0.1) is 24.0 Å². The second-order valence-electron chi connectivity index (χ2n) is 6.84. The van der Waals surface area contributed by atoms with Crippen LogP contribution in [0.1, 0.15) is 38.2 Å². The van der Waals surface area contributed by atoms with E-state index in [1.54, 1.807) is 18.4 Å². The first-order valence-corrected chi connectivity index (χ1v) is 10.4. The normalized spacial score (nSPS) is 17.6. The van der Waals surface area contributed by atoms with Gasteiger partial charge in [-0.25, -0.2) is 0 Å². The Labute approximate surface area is 180 Å².